The van der Waals surface area contributed by atoms with E-state index in [0.717, 1.165) is 23.9 Å². The molecule has 1 aliphatic rings. The molecule has 2 heterocycles. The van der Waals surface area contributed by atoms with Crippen LogP contribution in [-0.4, -0.2) is 28.6 Å². The Balaban J connectivity index is 1.96. The number of aliphatic hydroxyl groups is 1. The van der Waals surface area contributed by atoms with Gasteiger partial charge >= 0.3 is 12.1 Å². The number of halogens is 4. The number of benzene rings is 1. The average molecular weight is 514 g/mol. The first-order valence-corrected chi connectivity index (χ1v) is 11.3. The van der Waals surface area contributed by atoms with E-state index < -0.39 is 34.4 Å². The van der Waals surface area contributed by atoms with E-state index in [1.54, 1.807) is 13.8 Å². The number of rotatable bonds is 6. The van der Waals surface area contributed by atoms with Crippen LogP contribution in [0.25, 0.3) is 17.4 Å². The van der Waals surface area contributed by atoms with Crippen LogP contribution in [0, 0.1) is 0 Å². The summed E-state index contributed by atoms with van der Waals surface area (Å²) in [5, 5.41) is 10.2. The van der Waals surface area contributed by atoms with E-state index in [0.29, 0.717) is 6.42 Å². The van der Waals surface area contributed by atoms with Crippen LogP contribution in [0.1, 0.15) is 38.0 Å². The van der Waals surface area contributed by atoms with Gasteiger partial charge in [-0.25, -0.2) is 9.79 Å². The maximum atomic E-state index is 13.2. The number of aliphatic imine (C=N–C) groups is 1. The molecule has 0 bridgehead atoms. The van der Waals surface area contributed by atoms with Crippen molar-refractivity contribution in [2.75, 3.05) is 6.61 Å². The number of furan rings is 1. The fourth-order valence-electron chi connectivity index (χ4n) is 2.99. The highest BCUT2D eigenvalue weighted by Gasteiger charge is 2.35. The molecule has 1 amide bonds. The van der Waals surface area contributed by atoms with Crippen molar-refractivity contribution in [2.45, 2.75) is 32.9 Å². The minimum absolute atomic E-state index is 0.0000464. The zero-order chi connectivity index (χ0) is 25.0. The number of aliphatic hydroxyl groups excluding tert-OH is 1. The Hall–Kier alpha value is -2.98. The van der Waals surface area contributed by atoms with Crippen molar-refractivity contribution in [1.82, 2.24) is 0 Å². The molecule has 2 aromatic rings. The normalized spacial score (nSPS) is 16.5. The molecule has 180 valence electrons. The predicted octanol–water partition coefficient (Wildman–Crippen LogP) is 6.81. The third kappa shape index (κ3) is 5.74. The van der Waals surface area contributed by atoms with E-state index in [2.05, 4.69) is 4.99 Å². The molecule has 0 saturated heterocycles. The lowest BCUT2D eigenvalue weighted by Gasteiger charge is -2.09. The van der Waals surface area contributed by atoms with Crippen LogP contribution in [0.4, 0.5) is 13.2 Å². The molecule has 34 heavy (non-hydrogen) atoms. The van der Waals surface area contributed by atoms with Crippen LogP contribution in [0.2, 0.25) is 5.02 Å². The van der Waals surface area contributed by atoms with Crippen LogP contribution in [0.5, 0.6) is 0 Å². The lowest BCUT2D eigenvalue weighted by Crippen LogP contribution is -2.14. The highest BCUT2D eigenvalue weighted by Crippen LogP contribution is 2.41. The first kappa shape index (κ1) is 25.6. The van der Waals surface area contributed by atoms with Crippen molar-refractivity contribution in [3.63, 3.8) is 0 Å². The van der Waals surface area contributed by atoms with Crippen molar-refractivity contribution in [3.05, 3.63) is 62.9 Å². The van der Waals surface area contributed by atoms with Crippen LogP contribution < -0.4 is 0 Å². The third-order valence-electron chi connectivity index (χ3n) is 4.52. The molecule has 0 fully saturated rings. The smallest absolute Gasteiger partial charge is 0.417 e. The quantitative estimate of drug-likeness (QED) is 0.427. The maximum Gasteiger partial charge on any atom is 0.417 e. The summed E-state index contributed by atoms with van der Waals surface area (Å²) in [4.78, 5) is 28.4. The second-order valence-corrected chi connectivity index (χ2v) is 8.45. The number of ether oxygens (including phenoxy) is 1. The number of amides is 1. The Labute approximate surface area is 202 Å². The van der Waals surface area contributed by atoms with E-state index in [-0.39, 0.29) is 45.6 Å². The first-order valence-electron chi connectivity index (χ1n) is 10.1. The molecule has 0 spiro atoms. The SMILES string of the molecule is CCCC(=O)N=C1S/C(=C\c2ccc(-c3ccc(Cl)c(C(F)(F)F)c3)o2)C(O)=C1C(=O)OCC. The standard InChI is InChI=1S/C23H19ClF3NO5S/c1-3-5-18(29)28-21-19(22(31)32-4-2)20(30)17(34-21)11-13-7-9-16(33-13)12-6-8-15(24)14(10-12)23(25,26)27/h6-11,30H,3-5H2,1-2H3/b17-11-,28-21?. The highest BCUT2D eigenvalue weighted by atomic mass is 35.5. The second kappa shape index (κ2) is 10.5. The summed E-state index contributed by atoms with van der Waals surface area (Å²) < 4.78 is 50.1. The zero-order valence-corrected chi connectivity index (χ0v) is 19.6. The van der Waals surface area contributed by atoms with Crippen molar-refractivity contribution in [1.29, 1.82) is 0 Å². The number of alkyl halides is 3. The zero-order valence-electron chi connectivity index (χ0n) is 18.0. The van der Waals surface area contributed by atoms with Gasteiger partial charge in [-0.3, -0.25) is 4.79 Å². The highest BCUT2D eigenvalue weighted by molar-refractivity contribution is 8.18. The van der Waals surface area contributed by atoms with Gasteiger partial charge in [0, 0.05) is 12.0 Å². The minimum atomic E-state index is -4.63. The predicted molar refractivity (Wildman–Crippen MR) is 123 cm³/mol. The van der Waals surface area contributed by atoms with Gasteiger partial charge in [0.2, 0.25) is 5.91 Å². The Morgan fingerprint density at radius 3 is 2.62 bits per heavy atom. The van der Waals surface area contributed by atoms with Crippen LogP contribution in [0.15, 0.2) is 56.0 Å². The molecule has 11 heteroatoms. The lowest BCUT2D eigenvalue weighted by molar-refractivity contribution is -0.138. The molecule has 0 radical (unpaired) electrons. The van der Waals surface area contributed by atoms with Crippen LogP contribution >= 0.6 is 23.4 Å². The van der Waals surface area contributed by atoms with Crippen molar-refractivity contribution in [2.24, 2.45) is 4.99 Å². The van der Waals surface area contributed by atoms with Gasteiger partial charge in [0.15, 0.2) is 0 Å². The van der Waals surface area contributed by atoms with Gasteiger partial charge in [-0.2, -0.15) is 13.2 Å². The molecular weight excluding hydrogens is 495 g/mol. The molecule has 1 N–H and O–H groups in total. The van der Waals surface area contributed by atoms with Gasteiger partial charge in [-0.15, -0.1) is 0 Å². The van der Waals surface area contributed by atoms with E-state index in [1.807, 2.05) is 0 Å². The largest absolute Gasteiger partial charge is 0.506 e. The Bertz CT molecular complexity index is 1210. The number of hydrogen-bond acceptors (Lipinski definition) is 6. The number of esters is 1. The molecule has 1 aromatic heterocycles. The molecule has 1 aliphatic heterocycles. The van der Waals surface area contributed by atoms with Gasteiger partial charge in [0.05, 0.1) is 22.1 Å². The molecule has 1 aromatic carbocycles. The number of nitrogens with zero attached hydrogens (tertiary/aromatic N) is 1. The summed E-state index contributed by atoms with van der Waals surface area (Å²) in [6.07, 6.45) is -2.52. The lowest BCUT2D eigenvalue weighted by atomic mass is 10.1. The van der Waals surface area contributed by atoms with Gasteiger partial charge in [-0.05, 0) is 49.8 Å². The van der Waals surface area contributed by atoms with E-state index in [9.17, 15) is 27.9 Å². The van der Waals surface area contributed by atoms with Gasteiger partial charge < -0.3 is 14.3 Å². The molecular formula is C23H19ClF3NO5S. The van der Waals surface area contributed by atoms with E-state index in [4.69, 9.17) is 20.8 Å². The number of thioether (sulfide) groups is 1. The number of carbonyl (C=O) groups is 2. The van der Waals surface area contributed by atoms with Gasteiger partial charge in [-0.1, -0.05) is 30.3 Å². The summed E-state index contributed by atoms with van der Waals surface area (Å²) in [6, 6.07) is 6.34. The van der Waals surface area contributed by atoms with Crippen molar-refractivity contribution in [3.8, 4) is 11.3 Å². The molecule has 6 nitrogen and oxygen atoms in total. The summed E-state index contributed by atoms with van der Waals surface area (Å²) >= 11 is 6.55. The molecule has 0 aliphatic carbocycles. The van der Waals surface area contributed by atoms with Crippen LogP contribution in [0.3, 0.4) is 0 Å². The monoisotopic (exact) mass is 513 g/mol. The summed E-state index contributed by atoms with van der Waals surface area (Å²) in [5.41, 5.74) is -1.08. The summed E-state index contributed by atoms with van der Waals surface area (Å²) in [6.45, 7) is 3.45. The van der Waals surface area contributed by atoms with Gasteiger partial charge in [0.25, 0.3) is 0 Å². The van der Waals surface area contributed by atoms with Crippen molar-refractivity contribution >= 4 is 46.4 Å². The van der Waals surface area contributed by atoms with Gasteiger partial charge in [0.1, 0.15) is 27.9 Å². The fraction of sp³-hybridized carbons (Fsp3) is 0.261. The maximum absolute atomic E-state index is 13.2. The Kier molecular flexibility index (Phi) is 7.93. The summed E-state index contributed by atoms with van der Waals surface area (Å²) in [7, 11) is 0. The molecule has 0 unspecified atom stereocenters. The van der Waals surface area contributed by atoms with Crippen LogP contribution in [-0.2, 0) is 20.5 Å². The Morgan fingerprint density at radius 1 is 1.24 bits per heavy atom. The third-order valence-corrected chi connectivity index (χ3v) is 5.87. The average Bonchev–Trinajstić information content (AvgIpc) is 3.33. The van der Waals surface area contributed by atoms with E-state index in [1.165, 1.54) is 24.3 Å². The Morgan fingerprint density at radius 2 is 1.97 bits per heavy atom. The number of hydrogen-bond donors (Lipinski definition) is 1. The van der Waals surface area contributed by atoms with E-state index >= 15 is 0 Å². The fourth-order valence-corrected chi connectivity index (χ4v) is 4.22. The molecule has 0 saturated carbocycles. The molecule has 3 rings (SSSR count). The number of carbonyl (C=O) groups excluding carboxylic acids is 2. The summed E-state index contributed by atoms with van der Waals surface area (Å²) in [5.74, 6) is -1.39. The minimum Gasteiger partial charge on any atom is -0.506 e. The van der Waals surface area contributed by atoms with Crippen molar-refractivity contribution < 1.29 is 37.0 Å². The second-order valence-electron chi connectivity index (χ2n) is 7.01. The topological polar surface area (TPSA) is 89.1 Å². The first-order chi connectivity index (χ1) is 16.0. The molecule has 0 atom stereocenters.